The Labute approximate surface area is 138 Å². The summed E-state index contributed by atoms with van der Waals surface area (Å²) in [5, 5.41) is 0. The highest BCUT2D eigenvalue weighted by atomic mass is 32.2. The molecule has 0 aromatic rings. The third-order valence-corrected chi connectivity index (χ3v) is 4.03. The molecule has 0 rings (SSSR count). The maximum Gasteiger partial charge on any atom is 0.263 e. The van der Waals surface area contributed by atoms with Crippen LogP contribution in [0.2, 0.25) is 0 Å². The van der Waals surface area contributed by atoms with Crippen LogP contribution in [0.15, 0.2) is 35.8 Å². The number of sulfonamides is 1. The van der Waals surface area contributed by atoms with Crippen molar-refractivity contribution in [1.29, 1.82) is 0 Å². The van der Waals surface area contributed by atoms with Crippen molar-refractivity contribution in [2.24, 2.45) is 5.92 Å². The molecule has 0 aliphatic rings. The molecule has 1 amide bonds. The molecule has 0 aromatic heterocycles. The molecule has 0 fully saturated rings. The Kier molecular flexibility index (Phi) is 11.7. The highest BCUT2D eigenvalue weighted by Crippen LogP contribution is 2.10. The lowest BCUT2D eigenvalue weighted by molar-refractivity contribution is -0.139. The van der Waals surface area contributed by atoms with E-state index in [0.29, 0.717) is 0 Å². The highest BCUT2D eigenvalue weighted by molar-refractivity contribution is 7.94. The second-order valence-corrected chi connectivity index (χ2v) is 5.80. The summed E-state index contributed by atoms with van der Waals surface area (Å²) in [7, 11) is -4.14. The number of carbonyl (C=O) groups excluding carboxylic acids is 3. The van der Waals surface area contributed by atoms with Crippen molar-refractivity contribution in [3.05, 3.63) is 35.8 Å². The number of rotatable bonds is 8. The Morgan fingerprint density at radius 1 is 1.22 bits per heavy atom. The van der Waals surface area contributed by atoms with Crippen LogP contribution in [0.1, 0.15) is 41.0 Å². The van der Waals surface area contributed by atoms with Gasteiger partial charge in [0, 0.05) is 6.42 Å². The molecule has 1 unspecified atom stereocenters. The minimum absolute atomic E-state index is 0.0371. The fraction of sp³-hybridized carbons (Fsp3) is 0.438. The van der Waals surface area contributed by atoms with Crippen LogP contribution in [0.25, 0.3) is 0 Å². The second kappa shape index (κ2) is 11.5. The fourth-order valence-corrected chi connectivity index (χ4v) is 2.58. The smallest absolute Gasteiger partial charge is 0.263 e. The van der Waals surface area contributed by atoms with Crippen LogP contribution >= 0.6 is 0 Å². The van der Waals surface area contributed by atoms with E-state index in [1.807, 2.05) is 13.8 Å². The first kappa shape index (κ1) is 23.2. The minimum Gasteiger partial charge on any atom is -0.299 e. The van der Waals surface area contributed by atoms with Gasteiger partial charge in [0.15, 0.2) is 11.7 Å². The van der Waals surface area contributed by atoms with E-state index in [2.05, 4.69) is 6.58 Å². The van der Waals surface area contributed by atoms with Crippen molar-refractivity contribution < 1.29 is 22.8 Å². The standard InChI is InChI=1S/C14H19NO5S.C2H6/c1-5-8-9-11(6-2)21(19,20)15-14(18)13(10(4)16)12(17)7-3;1-2/h5-6,8-9,13H,1,7H2,2-4H3,(H,15,18);1-2H3/b9-8-,11-6+;. The Bertz CT molecular complexity index is 600. The summed E-state index contributed by atoms with van der Waals surface area (Å²) >= 11 is 0. The van der Waals surface area contributed by atoms with Crippen molar-refractivity contribution in [3.8, 4) is 0 Å². The van der Waals surface area contributed by atoms with Crippen LogP contribution in [0.3, 0.4) is 0 Å². The van der Waals surface area contributed by atoms with Crippen LogP contribution in [0.5, 0.6) is 0 Å². The summed E-state index contributed by atoms with van der Waals surface area (Å²) < 4.78 is 25.8. The van der Waals surface area contributed by atoms with Crippen LogP contribution in [-0.4, -0.2) is 25.9 Å². The van der Waals surface area contributed by atoms with Crippen molar-refractivity contribution in [1.82, 2.24) is 4.72 Å². The monoisotopic (exact) mass is 343 g/mol. The SMILES string of the molecule is C=C/C=C\C(=C/C)S(=O)(=O)NC(=O)C(C(C)=O)C(=O)CC.CC. The number of hydrogen-bond acceptors (Lipinski definition) is 5. The molecule has 0 heterocycles. The Hall–Kier alpha value is -2.02. The van der Waals surface area contributed by atoms with E-state index in [4.69, 9.17) is 0 Å². The van der Waals surface area contributed by atoms with Gasteiger partial charge >= 0.3 is 0 Å². The molecule has 0 saturated carbocycles. The van der Waals surface area contributed by atoms with Gasteiger partial charge in [-0.25, -0.2) is 13.1 Å². The molecule has 0 saturated heterocycles. The van der Waals surface area contributed by atoms with Gasteiger partial charge in [-0.15, -0.1) is 0 Å². The third-order valence-electron chi connectivity index (χ3n) is 2.57. The van der Waals surface area contributed by atoms with Gasteiger partial charge in [0.05, 0.1) is 4.91 Å². The van der Waals surface area contributed by atoms with Gasteiger partial charge in [-0.05, 0) is 19.9 Å². The molecule has 1 atom stereocenters. The number of Topliss-reactive ketones (excluding diaryl/α,β-unsaturated/α-hetero) is 2. The largest absolute Gasteiger partial charge is 0.299 e. The zero-order valence-electron chi connectivity index (χ0n) is 14.3. The lowest BCUT2D eigenvalue weighted by Gasteiger charge is -2.13. The summed E-state index contributed by atoms with van der Waals surface area (Å²) in [5.74, 6) is -4.07. The van der Waals surface area contributed by atoms with Gasteiger partial charge in [0.2, 0.25) is 0 Å². The predicted octanol–water partition coefficient (Wildman–Crippen LogP) is 2.29. The molecular weight excluding hydrogens is 318 g/mol. The Morgan fingerprint density at radius 3 is 2.09 bits per heavy atom. The van der Waals surface area contributed by atoms with E-state index in [0.717, 1.165) is 6.92 Å². The molecule has 0 bridgehead atoms. The number of carbonyl (C=O) groups is 3. The van der Waals surface area contributed by atoms with E-state index in [1.165, 1.54) is 38.2 Å². The minimum atomic E-state index is -4.14. The van der Waals surface area contributed by atoms with Crippen LogP contribution in [0.4, 0.5) is 0 Å². The van der Waals surface area contributed by atoms with Crippen molar-refractivity contribution in [3.63, 3.8) is 0 Å². The Balaban J connectivity index is 0. The molecule has 0 spiro atoms. The highest BCUT2D eigenvalue weighted by Gasteiger charge is 2.32. The quantitative estimate of drug-likeness (QED) is 0.538. The van der Waals surface area contributed by atoms with Gasteiger partial charge in [-0.1, -0.05) is 45.6 Å². The number of nitrogens with one attached hydrogen (secondary N) is 1. The van der Waals surface area contributed by atoms with Crippen molar-refractivity contribution in [2.45, 2.75) is 41.0 Å². The first-order valence-electron chi connectivity index (χ1n) is 7.26. The van der Waals surface area contributed by atoms with Crippen LogP contribution in [-0.2, 0) is 24.4 Å². The van der Waals surface area contributed by atoms with Gasteiger partial charge < -0.3 is 0 Å². The van der Waals surface area contributed by atoms with E-state index >= 15 is 0 Å². The molecular formula is C16H25NO5S. The zero-order chi connectivity index (χ0) is 18.6. The first-order chi connectivity index (χ1) is 10.7. The zero-order valence-corrected chi connectivity index (χ0v) is 15.1. The van der Waals surface area contributed by atoms with Crippen LogP contribution < -0.4 is 4.72 Å². The molecule has 0 aliphatic heterocycles. The lowest BCUT2D eigenvalue weighted by Crippen LogP contribution is -2.42. The predicted molar refractivity (Wildman–Crippen MR) is 91.0 cm³/mol. The number of allylic oxidation sites excluding steroid dienone is 4. The molecule has 0 aromatic carbocycles. The summed E-state index contributed by atoms with van der Waals surface area (Å²) in [6.07, 6.45) is 5.25. The maximum absolute atomic E-state index is 12.0. The number of ketones is 2. The lowest BCUT2D eigenvalue weighted by atomic mass is 9.98. The molecule has 130 valence electrons. The van der Waals surface area contributed by atoms with E-state index in [-0.39, 0.29) is 11.3 Å². The second-order valence-electron chi connectivity index (χ2n) is 4.12. The average molecular weight is 343 g/mol. The topological polar surface area (TPSA) is 97.4 Å². The van der Waals surface area contributed by atoms with Crippen LogP contribution in [0, 0.1) is 5.92 Å². The van der Waals surface area contributed by atoms with Gasteiger partial charge in [-0.3, -0.25) is 14.4 Å². The van der Waals surface area contributed by atoms with E-state index < -0.39 is 33.4 Å². The number of hydrogen-bond donors (Lipinski definition) is 1. The van der Waals surface area contributed by atoms with Gasteiger partial charge in [-0.2, -0.15) is 0 Å². The molecule has 0 aliphatic carbocycles. The van der Waals surface area contributed by atoms with Gasteiger partial charge in [0.25, 0.3) is 15.9 Å². The molecule has 0 radical (unpaired) electrons. The maximum atomic E-state index is 12.0. The van der Waals surface area contributed by atoms with E-state index in [1.54, 1.807) is 4.72 Å². The summed E-state index contributed by atoms with van der Waals surface area (Å²) in [5.41, 5.74) is 0. The third kappa shape index (κ3) is 7.69. The number of amides is 1. The summed E-state index contributed by atoms with van der Waals surface area (Å²) in [6, 6.07) is 0. The van der Waals surface area contributed by atoms with Crippen molar-refractivity contribution >= 4 is 27.5 Å². The van der Waals surface area contributed by atoms with E-state index in [9.17, 15) is 22.8 Å². The Morgan fingerprint density at radius 2 is 1.74 bits per heavy atom. The average Bonchev–Trinajstić information content (AvgIpc) is 2.48. The van der Waals surface area contributed by atoms with Gasteiger partial charge in [0.1, 0.15) is 5.78 Å². The first-order valence-corrected chi connectivity index (χ1v) is 8.74. The summed E-state index contributed by atoms with van der Waals surface area (Å²) in [4.78, 5) is 34.7. The fourth-order valence-electron chi connectivity index (χ4n) is 1.52. The molecule has 23 heavy (non-hydrogen) atoms. The molecule has 7 heteroatoms. The molecule has 6 nitrogen and oxygen atoms in total. The molecule has 1 N–H and O–H groups in total. The van der Waals surface area contributed by atoms with Crippen molar-refractivity contribution in [2.75, 3.05) is 0 Å². The summed E-state index contributed by atoms with van der Waals surface area (Å²) in [6.45, 7) is 11.4. The normalized spacial score (nSPS) is 12.8.